The van der Waals surface area contributed by atoms with Crippen LogP contribution >= 0.6 is 0 Å². The van der Waals surface area contributed by atoms with E-state index < -0.39 is 0 Å². The Morgan fingerprint density at radius 1 is 1.56 bits per heavy atom. The molecule has 0 fully saturated rings. The maximum absolute atomic E-state index is 12.1. The van der Waals surface area contributed by atoms with Gasteiger partial charge in [0.15, 0.2) is 0 Å². The molecule has 2 N–H and O–H groups in total. The number of methoxy groups -OCH3 is 1. The van der Waals surface area contributed by atoms with Gasteiger partial charge < -0.3 is 15.4 Å². The van der Waals surface area contributed by atoms with Gasteiger partial charge in [-0.3, -0.25) is 14.3 Å². The predicted octanol–water partition coefficient (Wildman–Crippen LogP) is 0.0275. The topological polar surface area (TPSA) is 90.4 Å². The van der Waals surface area contributed by atoms with Crippen molar-refractivity contribution in [3.8, 4) is 0 Å². The number of carbonyl (C=O) groups excluding carboxylic acids is 2. The zero-order valence-electron chi connectivity index (χ0n) is 10.8. The van der Waals surface area contributed by atoms with Gasteiger partial charge >= 0.3 is 5.97 Å². The van der Waals surface area contributed by atoms with Gasteiger partial charge in [0.1, 0.15) is 5.69 Å². The summed E-state index contributed by atoms with van der Waals surface area (Å²) < 4.78 is 5.97. The number of anilines is 1. The van der Waals surface area contributed by atoms with E-state index in [2.05, 4.69) is 9.84 Å². The van der Waals surface area contributed by atoms with Gasteiger partial charge in [0.05, 0.1) is 19.0 Å². The van der Waals surface area contributed by atoms with Gasteiger partial charge in [-0.2, -0.15) is 5.10 Å². The van der Waals surface area contributed by atoms with Crippen LogP contribution in [-0.4, -0.2) is 47.3 Å². The Bertz CT molecular complexity index is 422. The summed E-state index contributed by atoms with van der Waals surface area (Å²) in [5, 5.41) is 3.91. The highest BCUT2D eigenvalue weighted by atomic mass is 16.5. The van der Waals surface area contributed by atoms with E-state index in [0.717, 1.165) is 0 Å². The van der Waals surface area contributed by atoms with Gasteiger partial charge in [-0.1, -0.05) is 0 Å². The Morgan fingerprint density at radius 2 is 2.22 bits per heavy atom. The van der Waals surface area contributed by atoms with Crippen molar-refractivity contribution >= 4 is 17.6 Å². The number of nitrogens with zero attached hydrogens (tertiary/aromatic N) is 3. The van der Waals surface area contributed by atoms with Gasteiger partial charge in [0, 0.05) is 27.1 Å². The van der Waals surface area contributed by atoms with Gasteiger partial charge in [0.25, 0.3) is 5.91 Å². The average molecular weight is 254 g/mol. The Hall–Kier alpha value is -2.05. The largest absolute Gasteiger partial charge is 0.469 e. The number of ether oxygens (including phenoxy) is 1. The Morgan fingerprint density at radius 3 is 2.72 bits per heavy atom. The standard InChI is InChI=1S/C11H18N4O3/c1-14(6-4-5-9(16)18-3)11(17)10-8(12)7-13-15(10)2/h7H,4-6,12H2,1-3H3. The minimum absolute atomic E-state index is 0.211. The van der Waals surface area contributed by atoms with Crippen molar-refractivity contribution in [2.75, 3.05) is 26.4 Å². The second kappa shape index (κ2) is 6.04. The molecule has 0 bridgehead atoms. The minimum atomic E-state index is -0.282. The van der Waals surface area contributed by atoms with Crippen molar-refractivity contribution in [3.63, 3.8) is 0 Å². The normalized spacial score (nSPS) is 10.2. The zero-order chi connectivity index (χ0) is 13.7. The van der Waals surface area contributed by atoms with Gasteiger partial charge in [0.2, 0.25) is 0 Å². The molecular formula is C11H18N4O3. The summed E-state index contributed by atoms with van der Waals surface area (Å²) >= 11 is 0. The van der Waals surface area contributed by atoms with Crippen LogP contribution in [0, 0.1) is 0 Å². The number of carbonyl (C=O) groups is 2. The Kier molecular flexibility index (Phi) is 4.70. The maximum Gasteiger partial charge on any atom is 0.305 e. The van der Waals surface area contributed by atoms with E-state index in [1.807, 2.05) is 0 Å². The maximum atomic E-state index is 12.1. The number of amides is 1. The first kappa shape index (κ1) is 14.0. The van der Waals surface area contributed by atoms with Crippen LogP contribution in [-0.2, 0) is 16.6 Å². The summed E-state index contributed by atoms with van der Waals surface area (Å²) in [5.74, 6) is -0.492. The smallest absolute Gasteiger partial charge is 0.305 e. The van der Waals surface area contributed by atoms with E-state index in [1.54, 1.807) is 14.1 Å². The van der Waals surface area contributed by atoms with E-state index in [1.165, 1.54) is 22.9 Å². The molecule has 18 heavy (non-hydrogen) atoms. The molecule has 0 radical (unpaired) electrons. The van der Waals surface area contributed by atoms with Crippen LogP contribution in [0.5, 0.6) is 0 Å². The van der Waals surface area contributed by atoms with Gasteiger partial charge in [-0.25, -0.2) is 0 Å². The highest BCUT2D eigenvalue weighted by molar-refractivity contribution is 5.97. The van der Waals surface area contributed by atoms with Gasteiger partial charge in [-0.05, 0) is 6.42 Å². The average Bonchev–Trinajstić information content (AvgIpc) is 2.67. The predicted molar refractivity (Wildman–Crippen MR) is 65.8 cm³/mol. The molecule has 100 valence electrons. The lowest BCUT2D eigenvalue weighted by molar-refractivity contribution is -0.140. The fraction of sp³-hybridized carbons (Fsp3) is 0.545. The number of rotatable bonds is 5. The van der Waals surface area contributed by atoms with Crippen molar-refractivity contribution in [2.45, 2.75) is 12.8 Å². The number of esters is 1. The molecule has 1 aromatic heterocycles. The monoisotopic (exact) mass is 254 g/mol. The molecule has 7 nitrogen and oxygen atoms in total. The second-order valence-corrected chi connectivity index (χ2v) is 3.98. The summed E-state index contributed by atoms with van der Waals surface area (Å²) in [6.07, 6.45) is 2.27. The molecule has 1 heterocycles. The molecule has 0 aliphatic carbocycles. The third-order valence-electron chi connectivity index (χ3n) is 2.62. The first-order valence-corrected chi connectivity index (χ1v) is 5.57. The summed E-state index contributed by atoms with van der Waals surface area (Å²) in [6, 6.07) is 0. The van der Waals surface area contributed by atoms with Crippen LogP contribution < -0.4 is 5.73 Å². The molecule has 0 aromatic carbocycles. The Labute approximate surface area is 105 Å². The SMILES string of the molecule is COC(=O)CCCN(C)C(=O)c1c(N)cnn1C. The molecule has 7 heteroatoms. The van der Waals surface area contributed by atoms with Crippen LogP contribution in [0.3, 0.4) is 0 Å². The van der Waals surface area contributed by atoms with Crippen LogP contribution in [0.4, 0.5) is 5.69 Å². The van der Waals surface area contributed by atoms with Crippen molar-refractivity contribution in [2.24, 2.45) is 7.05 Å². The second-order valence-electron chi connectivity index (χ2n) is 3.98. The molecule has 0 saturated heterocycles. The van der Waals surface area contributed by atoms with Crippen molar-refractivity contribution in [3.05, 3.63) is 11.9 Å². The first-order chi connectivity index (χ1) is 8.47. The number of hydrogen-bond donors (Lipinski definition) is 1. The highest BCUT2D eigenvalue weighted by Gasteiger charge is 2.18. The highest BCUT2D eigenvalue weighted by Crippen LogP contribution is 2.12. The van der Waals surface area contributed by atoms with Crippen molar-refractivity contribution < 1.29 is 14.3 Å². The van der Waals surface area contributed by atoms with Crippen molar-refractivity contribution in [1.29, 1.82) is 0 Å². The quantitative estimate of drug-likeness (QED) is 0.748. The van der Waals surface area contributed by atoms with Crippen LogP contribution in [0.15, 0.2) is 6.20 Å². The number of nitrogen functional groups attached to an aromatic ring is 1. The molecule has 0 aliphatic rings. The lowest BCUT2D eigenvalue weighted by Crippen LogP contribution is -2.30. The van der Waals surface area contributed by atoms with Crippen molar-refractivity contribution in [1.82, 2.24) is 14.7 Å². The molecular weight excluding hydrogens is 236 g/mol. The third-order valence-corrected chi connectivity index (χ3v) is 2.62. The van der Waals surface area contributed by atoms with E-state index in [-0.39, 0.29) is 18.3 Å². The molecule has 0 aliphatic heterocycles. The van der Waals surface area contributed by atoms with E-state index in [9.17, 15) is 9.59 Å². The number of aromatic nitrogens is 2. The molecule has 1 rings (SSSR count). The summed E-state index contributed by atoms with van der Waals surface area (Å²) in [4.78, 5) is 24.5. The number of aryl methyl sites for hydroxylation is 1. The first-order valence-electron chi connectivity index (χ1n) is 5.57. The number of hydrogen-bond acceptors (Lipinski definition) is 5. The molecule has 0 atom stereocenters. The van der Waals surface area contributed by atoms with Gasteiger partial charge in [-0.15, -0.1) is 0 Å². The Balaban J connectivity index is 2.55. The molecule has 1 amide bonds. The minimum Gasteiger partial charge on any atom is -0.469 e. The summed E-state index contributed by atoms with van der Waals surface area (Å²) in [6.45, 7) is 0.457. The van der Waals surface area contributed by atoms with Crippen LogP contribution in [0.2, 0.25) is 0 Å². The fourth-order valence-electron chi connectivity index (χ4n) is 1.56. The lowest BCUT2D eigenvalue weighted by Gasteiger charge is -2.17. The molecule has 1 aromatic rings. The number of nitrogens with two attached hydrogens (primary N) is 1. The van der Waals surface area contributed by atoms with E-state index >= 15 is 0 Å². The van der Waals surface area contributed by atoms with Crippen LogP contribution in [0.1, 0.15) is 23.3 Å². The molecule has 0 saturated carbocycles. The molecule has 0 spiro atoms. The zero-order valence-corrected chi connectivity index (χ0v) is 10.8. The molecule has 0 unspecified atom stereocenters. The fourth-order valence-corrected chi connectivity index (χ4v) is 1.56. The summed E-state index contributed by atoms with van der Waals surface area (Å²) in [5.41, 5.74) is 6.38. The van der Waals surface area contributed by atoms with Crippen LogP contribution in [0.25, 0.3) is 0 Å². The van der Waals surface area contributed by atoms with E-state index in [4.69, 9.17) is 5.73 Å². The lowest BCUT2D eigenvalue weighted by atomic mass is 10.2. The summed E-state index contributed by atoms with van der Waals surface area (Å²) in [7, 11) is 4.66. The van der Waals surface area contributed by atoms with E-state index in [0.29, 0.717) is 24.3 Å². The third kappa shape index (κ3) is 3.22.